The van der Waals surface area contributed by atoms with Crippen molar-refractivity contribution in [3.63, 3.8) is 0 Å². The molecule has 0 radical (unpaired) electrons. The number of aryl methyl sites for hydroxylation is 1. The van der Waals surface area contributed by atoms with Crippen molar-refractivity contribution in [1.82, 2.24) is 10.3 Å². The zero-order valence-corrected chi connectivity index (χ0v) is 13.0. The quantitative estimate of drug-likeness (QED) is 0.780. The van der Waals surface area contributed by atoms with Crippen LogP contribution in [0.25, 0.3) is 0 Å². The standard InChI is InChI=1S/C15H23N3O3/c1-5-12(6-2)18-14(19)10(4)21-15(20)13-7-11(16)8-17-9(13)3/h7-8,10,12H,5-6,16H2,1-4H3,(H,18,19). The van der Waals surface area contributed by atoms with Gasteiger partial charge in [-0.05, 0) is 32.8 Å². The van der Waals surface area contributed by atoms with Crippen LogP contribution >= 0.6 is 0 Å². The van der Waals surface area contributed by atoms with Gasteiger partial charge in [-0.25, -0.2) is 4.79 Å². The van der Waals surface area contributed by atoms with E-state index in [4.69, 9.17) is 10.5 Å². The molecule has 6 heteroatoms. The van der Waals surface area contributed by atoms with Gasteiger partial charge in [0.05, 0.1) is 23.1 Å². The van der Waals surface area contributed by atoms with E-state index in [0.29, 0.717) is 11.4 Å². The molecule has 1 amide bonds. The van der Waals surface area contributed by atoms with Gasteiger partial charge in [0.25, 0.3) is 5.91 Å². The molecule has 1 rings (SSSR count). The number of pyridine rings is 1. The van der Waals surface area contributed by atoms with Crippen LogP contribution in [0.4, 0.5) is 5.69 Å². The summed E-state index contributed by atoms with van der Waals surface area (Å²) in [4.78, 5) is 28.0. The molecule has 6 nitrogen and oxygen atoms in total. The summed E-state index contributed by atoms with van der Waals surface area (Å²) in [5.74, 6) is -0.897. The summed E-state index contributed by atoms with van der Waals surface area (Å²) in [5.41, 5.74) is 6.78. The Morgan fingerprint density at radius 2 is 2.00 bits per heavy atom. The van der Waals surface area contributed by atoms with Crippen LogP contribution in [-0.4, -0.2) is 29.0 Å². The van der Waals surface area contributed by atoms with Crippen molar-refractivity contribution in [3.8, 4) is 0 Å². The molecular formula is C15H23N3O3. The number of nitrogen functional groups attached to an aromatic ring is 1. The third kappa shape index (κ3) is 4.73. The van der Waals surface area contributed by atoms with Gasteiger partial charge in [0.2, 0.25) is 0 Å². The second-order valence-electron chi connectivity index (χ2n) is 4.97. The Kier molecular flexibility index (Phi) is 6.14. The van der Waals surface area contributed by atoms with Crippen molar-refractivity contribution in [2.45, 2.75) is 52.7 Å². The summed E-state index contributed by atoms with van der Waals surface area (Å²) in [5, 5.41) is 2.84. The lowest BCUT2D eigenvalue weighted by Crippen LogP contribution is -2.41. The number of hydrogen-bond donors (Lipinski definition) is 2. The van der Waals surface area contributed by atoms with E-state index in [1.165, 1.54) is 12.3 Å². The summed E-state index contributed by atoms with van der Waals surface area (Å²) in [6.45, 7) is 7.22. The molecule has 0 aliphatic heterocycles. The smallest absolute Gasteiger partial charge is 0.340 e. The van der Waals surface area contributed by atoms with Crippen LogP contribution in [0.1, 0.15) is 49.7 Å². The van der Waals surface area contributed by atoms with Gasteiger partial charge >= 0.3 is 5.97 Å². The zero-order chi connectivity index (χ0) is 16.0. The Balaban J connectivity index is 2.69. The van der Waals surface area contributed by atoms with Crippen molar-refractivity contribution in [2.75, 3.05) is 5.73 Å². The molecule has 1 unspecified atom stereocenters. The molecule has 0 fully saturated rings. The summed E-state index contributed by atoms with van der Waals surface area (Å²) in [6.07, 6.45) is 2.27. The Morgan fingerprint density at radius 3 is 2.57 bits per heavy atom. The molecule has 0 saturated carbocycles. The minimum Gasteiger partial charge on any atom is -0.449 e. The van der Waals surface area contributed by atoms with Crippen LogP contribution < -0.4 is 11.1 Å². The van der Waals surface area contributed by atoms with Crippen LogP contribution in [0.15, 0.2) is 12.3 Å². The molecule has 116 valence electrons. The average molecular weight is 293 g/mol. The predicted molar refractivity (Wildman–Crippen MR) is 80.8 cm³/mol. The first-order valence-electron chi connectivity index (χ1n) is 7.12. The van der Waals surface area contributed by atoms with Gasteiger partial charge in [-0.2, -0.15) is 0 Å². The van der Waals surface area contributed by atoms with Gasteiger partial charge in [0, 0.05) is 6.04 Å². The number of esters is 1. The number of nitrogens with zero attached hydrogens (tertiary/aromatic N) is 1. The van der Waals surface area contributed by atoms with E-state index in [1.807, 2.05) is 13.8 Å². The van der Waals surface area contributed by atoms with Crippen LogP contribution in [0.2, 0.25) is 0 Å². The molecule has 1 aromatic rings. The van der Waals surface area contributed by atoms with Crippen molar-refractivity contribution in [3.05, 3.63) is 23.5 Å². The number of nitrogens with one attached hydrogen (secondary N) is 1. The summed E-state index contributed by atoms with van der Waals surface area (Å²) < 4.78 is 5.18. The SMILES string of the molecule is CCC(CC)NC(=O)C(C)OC(=O)c1cc(N)cnc1C. The number of amides is 1. The van der Waals surface area contributed by atoms with Crippen LogP contribution in [0, 0.1) is 6.92 Å². The number of carbonyl (C=O) groups excluding carboxylic acids is 2. The Bertz CT molecular complexity index is 513. The lowest BCUT2D eigenvalue weighted by molar-refractivity contribution is -0.129. The molecule has 0 aromatic carbocycles. The predicted octanol–water partition coefficient (Wildman–Crippen LogP) is 1.82. The third-order valence-corrected chi connectivity index (χ3v) is 3.31. The number of anilines is 1. The highest BCUT2D eigenvalue weighted by molar-refractivity contribution is 5.93. The fourth-order valence-electron chi connectivity index (χ4n) is 1.84. The highest BCUT2D eigenvalue weighted by Gasteiger charge is 2.22. The Labute approximate surface area is 125 Å². The van der Waals surface area contributed by atoms with E-state index in [2.05, 4.69) is 10.3 Å². The minimum atomic E-state index is -0.862. The molecule has 21 heavy (non-hydrogen) atoms. The maximum atomic E-state index is 12.1. The van der Waals surface area contributed by atoms with E-state index in [1.54, 1.807) is 13.8 Å². The van der Waals surface area contributed by atoms with Crippen molar-refractivity contribution >= 4 is 17.6 Å². The van der Waals surface area contributed by atoms with Crippen LogP contribution in [0.3, 0.4) is 0 Å². The van der Waals surface area contributed by atoms with Crippen molar-refractivity contribution in [2.24, 2.45) is 0 Å². The van der Waals surface area contributed by atoms with Gasteiger partial charge in [-0.1, -0.05) is 13.8 Å². The van der Waals surface area contributed by atoms with Gasteiger partial charge in [0.15, 0.2) is 6.10 Å². The highest BCUT2D eigenvalue weighted by atomic mass is 16.5. The normalized spacial score (nSPS) is 12.0. The Morgan fingerprint density at radius 1 is 1.38 bits per heavy atom. The van der Waals surface area contributed by atoms with E-state index in [0.717, 1.165) is 12.8 Å². The maximum absolute atomic E-state index is 12.1. The van der Waals surface area contributed by atoms with Crippen LogP contribution in [0.5, 0.6) is 0 Å². The second kappa shape index (κ2) is 7.61. The Hall–Kier alpha value is -2.11. The highest BCUT2D eigenvalue weighted by Crippen LogP contribution is 2.12. The molecule has 0 spiro atoms. The monoisotopic (exact) mass is 293 g/mol. The average Bonchev–Trinajstić information content (AvgIpc) is 2.46. The number of nitrogens with two attached hydrogens (primary N) is 1. The summed E-state index contributed by atoms with van der Waals surface area (Å²) in [7, 11) is 0. The molecular weight excluding hydrogens is 270 g/mol. The van der Waals surface area contributed by atoms with Gasteiger partial charge in [0.1, 0.15) is 0 Å². The first kappa shape index (κ1) is 16.9. The van der Waals surface area contributed by atoms with Gasteiger partial charge in [-0.3, -0.25) is 9.78 Å². The van der Waals surface area contributed by atoms with Crippen molar-refractivity contribution in [1.29, 1.82) is 0 Å². The minimum absolute atomic E-state index is 0.0921. The third-order valence-electron chi connectivity index (χ3n) is 3.31. The molecule has 0 saturated heterocycles. The molecule has 1 atom stereocenters. The fraction of sp³-hybridized carbons (Fsp3) is 0.533. The molecule has 3 N–H and O–H groups in total. The summed E-state index contributed by atoms with van der Waals surface area (Å²) in [6, 6.07) is 1.59. The fourth-order valence-corrected chi connectivity index (χ4v) is 1.84. The van der Waals surface area contributed by atoms with Crippen LogP contribution in [-0.2, 0) is 9.53 Å². The molecule has 1 aromatic heterocycles. The second-order valence-corrected chi connectivity index (χ2v) is 4.97. The number of rotatable bonds is 6. The lowest BCUT2D eigenvalue weighted by Gasteiger charge is -2.19. The summed E-state index contributed by atoms with van der Waals surface area (Å²) >= 11 is 0. The van der Waals surface area contributed by atoms with E-state index in [-0.39, 0.29) is 17.5 Å². The van der Waals surface area contributed by atoms with Gasteiger partial charge in [-0.15, -0.1) is 0 Å². The first-order chi connectivity index (χ1) is 9.88. The molecule has 0 aliphatic rings. The van der Waals surface area contributed by atoms with Crippen molar-refractivity contribution < 1.29 is 14.3 Å². The number of hydrogen-bond acceptors (Lipinski definition) is 5. The number of aromatic nitrogens is 1. The molecule has 0 bridgehead atoms. The van der Waals surface area contributed by atoms with E-state index >= 15 is 0 Å². The maximum Gasteiger partial charge on any atom is 0.340 e. The van der Waals surface area contributed by atoms with E-state index < -0.39 is 12.1 Å². The molecule has 1 heterocycles. The van der Waals surface area contributed by atoms with Gasteiger partial charge < -0.3 is 15.8 Å². The number of carbonyl (C=O) groups is 2. The topological polar surface area (TPSA) is 94.3 Å². The first-order valence-corrected chi connectivity index (χ1v) is 7.12. The zero-order valence-electron chi connectivity index (χ0n) is 13.0. The molecule has 0 aliphatic carbocycles. The lowest BCUT2D eigenvalue weighted by atomic mass is 10.1. The largest absolute Gasteiger partial charge is 0.449 e. The number of ether oxygens (including phenoxy) is 1. The van der Waals surface area contributed by atoms with E-state index in [9.17, 15) is 9.59 Å².